The maximum atomic E-state index is 13.9. The van der Waals surface area contributed by atoms with Crippen LogP contribution in [0.3, 0.4) is 0 Å². The van der Waals surface area contributed by atoms with Crippen molar-refractivity contribution in [3.63, 3.8) is 0 Å². The Morgan fingerprint density at radius 3 is 2.42 bits per heavy atom. The van der Waals surface area contributed by atoms with E-state index in [0.29, 0.717) is 37.4 Å². The van der Waals surface area contributed by atoms with Gasteiger partial charge in [-0.25, -0.2) is 4.98 Å². The van der Waals surface area contributed by atoms with Gasteiger partial charge < -0.3 is 4.90 Å². The molecule has 1 aliphatic heterocycles. The van der Waals surface area contributed by atoms with Gasteiger partial charge in [-0.2, -0.15) is 18.1 Å². The fourth-order valence-corrected chi connectivity index (χ4v) is 4.78. The van der Waals surface area contributed by atoms with Gasteiger partial charge in [0.1, 0.15) is 6.04 Å². The van der Waals surface area contributed by atoms with Gasteiger partial charge in [-0.05, 0) is 48.2 Å². The number of halogens is 3. The summed E-state index contributed by atoms with van der Waals surface area (Å²) in [5.41, 5.74) is 0.707. The SMILES string of the molecule is O=NC(Cc1ccccc1)CN1CCCn2c1nc(-c1ccncc1)c(-c1cccc(C(F)(F)F)c1)c2=O. The van der Waals surface area contributed by atoms with Crippen molar-refractivity contribution >= 4 is 5.95 Å². The van der Waals surface area contributed by atoms with Crippen LogP contribution in [-0.4, -0.2) is 33.7 Å². The maximum absolute atomic E-state index is 13.9. The van der Waals surface area contributed by atoms with Crippen LogP contribution in [0.2, 0.25) is 0 Å². The third-order valence-corrected chi connectivity index (χ3v) is 6.57. The van der Waals surface area contributed by atoms with Crippen molar-refractivity contribution in [2.45, 2.75) is 31.6 Å². The van der Waals surface area contributed by atoms with Crippen molar-refractivity contribution in [3.8, 4) is 22.4 Å². The zero-order valence-corrected chi connectivity index (χ0v) is 20.3. The summed E-state index contributed by atoms with van der Waals surface area (Å²) in [6.45, 7) is 1.17. The number of nitroso groups, excluding NO2 is 1. The fraction of sp³-hybridized carbons (Fsp3) is 0.250. The molecule has 3 heterocycles. The van der Waals surface area contributed by atoms with Crippen molar-refractivity contribution < 1.29 is 13.2 Å². The van der Waals surface area contributed by atoms with Gasteiger partial charge >= 0.3 is 6.18 Å². The van der Waals surface area contributed by atoms with E-state index in [4.69, 9.17) is 4.98 Å². The molecule has 0 amide bonds. The molecule has 1 aliphatic rings. The highest BCUT2D eigenvalue weighted by molar-refractivity contribution is 5.81. The zero-order valence-electron chi connectivity index (χ0n) is 20.3. The van der Waals surface area contributed by atoms with Crippen molar-refractivity contribution in [1.82, 2.24) is 14.5 Å². The van der Waals surface area contributed by atoms with Crippen molar-refractivity contribution in [2.24, 2.45) is 5.18 Å². The molecule has 10 heteroatoms. The number of fused-ring (bicyclic) bond motifs is 1. The van der Waals surface area contributed by atoms with E-state index in [0.717, 1.165) is 17.7 Å². The summed E-state index contributed by atoms with van der Waals surface area (Å²) >= 11 is 0. The average molecular weight is 520 g/mol. The van der Waals surface area contributed by atoms with E-state index >= 15 is 0 Å². The summed E-state index contributed by atoms with van der Waals surface area (Å²) in [5, 5.41) is 3.33. The van der Waals surface area contributed by atoms with Gasteiger partial charge in [0.05, 0.1) is 16.8 Å². The normalized spacial score (nSPS) is 14.1. The van der Waals surface area contributed by atoms with Crippen LogP contribution < -0.4 is 10.5 Å². The monoisotopic (exact) mass is 519 g/mol. The Labute approximate surface area is 216 Å². The highest BCUT2D eigenvalue weighted by Gasteiger charge is 2.32. The summed E-state index contributed by atoms with van der Waals surface area (Å²) in [7, 11) is 0. The molecule has 1 unspecified atom stereocenters. The first-order chi connectivity index (χ1) is 18.3. The largest absolute Gasteiger partial charge is 0.416 e. The molecule has 5 rings (SSSR count). The first-order valence-electron chi connectivity index (χ1n) is 12.2. The van der Waals surface area contributed by atoms with E-state index in [1.165, 1.54) is 29.1 Å². The van der Waals surface area contributed by atoms with Gasteiger partial charge in [-0.15, -0.1) is 0 Å². The van der Waals surface area contributed by atoms with Crippen LogP contribution >= 0.6 is 0 Å². The van der Waals surface area contributed by atoms with E-state index in [2.05, 4.69) is 10.2 Å². The number of aromatic nitrogens is 3. The molecule has 0 fully saturated rings. The minimum Gasteiger partial charge on any atom is -0.340 e. The molecular weight excluding hydrogens is 495 g/mol. The maximum Gasteiger partial charge on any atom is 0.416 e. The van der Waals surface area contributed by atoms with Crippen LogP contribution in [0.5, 0.6) is 0 Å². The minimum absolute atomic E-state index is 0.0854. The number of anilines is 1. The molecule has 1 atom stereocenters. The first-order valence-corrected chi connectivity index (χ1v) is 12.2. The van der Waals surface area contributed by atoms with E-state index in [-0.39, 0.29) is 23.4 Å². The van der Waals surface area contributed by atoms with Gasteiger partial charge in [0, 0.05) is 37.6 Å². The first kappa shape index (κ1) is 25.3. The summed E-state index contributed by atoms with van der Waals surface area (Å²) in [6, 6.07) is 17.0. The van der Waals surface area contributed by atoms with E-state index < -0.39 is 23.3 Å². The molecule has 194 valence electrons. The lowest BCUT2D eigenvalue weighted by molar-refractivity contribution is -0.137. The van der Waals surface area contributed by atoms with Crippen LogP contribution in [0.25, 0.3) is 22.4 Å². The number of alkyl halides is 3. The third kappa shape index (κ3) is 5.20. The van der Waals surface area contributed by atoms with Gasteiger partial charge in [0.2, 0.25) is 5.95 Å². The summed E-state index contributed by atoms with van der Waals surface area (Å²) < 4.78 is 42.0. The number of benzene rings is 2. The number of rotatable bonds is 7. The van der Waals surface area contributed by atoms with Crippen LogP contribution in [0.15, 0.2) is 89.1 Å². The molecule has 4 aromatic rings. The van der Waals surface area contributed by atoms with E-state index in [1.807, 2.05) is 35.2 Å². The average Bonchev–Trinajstić information content (AvgIpc) is 2.93. The number of hydrogen-bond acceptors (Lipinski definition) is 6. The Kier molecular flexibility index (Phi) is 7.04. The zero-order chi connectivity index (χ0) is 26.7. The van der Waals surface area contributed by atoms with Gasteiger partial charge in [0.15, 0.2) is 0 Å². The quantitative estimate of drug-likeness (QED) is 0.298. The summed E-state index contributed by atoms with van der Waals surface area (Å²) in [5.74, 6) is 0.366. The minimum atomic E-state index is -4.56. The fourth-order valence-electron chi connectivity index (χ4n) is 4.78. The van der Waals surface area contributed by atoms with E-state index in [9.17, 15) is 22.9 Å². The molecule has 2 aromatic heterocycles. The number of nitrogens with zero attached hydrogens (tertiary/aromatic N) is 5. The Bertz CT molecular complexity index is 1490. The third-order valence-electron chi connectivity index (χ3n) is 6.57. The molecule has 0 saturated carbocycles. The van der Waals surface area contributed by atoms with Gasteiger partial charge in [0.25, 0.3) is 5.56 Å². The van der Waals surface area contributed by atoms with Crippen LogP contribution in [0, 0.1) is 4.91 Å². The Hall–Kier alpha value is -4.34. The molecule has 0 spiro atoms. The highest BCUT2D eigenvalue weighted by atomic mass is 19.4. The summed E-state index contributed by atoms with van der Waals surface area (Å²) in [4.78, 5) is 36.3. The van der Waals surface area contributed by atoms with Gasteiger partial charge in [-0.3, -0.25) is 14.3 Å². The molecule has 0 aliphatic carbocycles. The molecule has 0 bridgehead atoms. The Morgan fingerprint density at radius 1 is 0.947 bits per heavy atom. The van der Waals surface area contributed by atoms with Crippen molar-refractivity contribution in [3.05, 3.63) is 106 Å². The molecule has 0 radical (unpaired) electrons. The molecule has 0 saturated heterocycles. The second-order valence-electron chi connectivity index (χ2n) is 9.16. The second-order valence-corrected chi connectivity index (χ2v) is 9.16. The smallest absolute Gasteiger partial charge is 0.340 e. The second kappa shape index (κ2) is 10.6. The van der Waals surface area contributed by atoms with Crippen LogP contribution in [0.1, 0.15) is 17.5 Å². The molecule has 2 aromatic carbocycles. The number of hydrogen-bond donors (Lipinski definition) is 0. The molecular formula is C28H24F3N5O2. The highest BCUT2D eigenvalue weighted by Crippen LogP contribution is 2.35. The Morgan fingerprint density at radius 2 is 1.71 bits per heavy atom. The molecule has 0 N–H and O–H groups in total. The van der Waals surface area contributed by atoms with Gasteiger partial charge in [-0.1, -0.05) is 47.6 Å². The topological polar surface area (TPSA) is 80.5 Å². The van der Waals surface area contributed by atoms with Crippen molar-refractivity contribution in [1.29, 1.82) is 0 Å². The summed E-state index contributed by atoms with van der Waals surface area (Å²) in [6.07, 6.45) is -0.439. The predicted octanol–water partition coefficient (Wildman–Crippen LogP) is 5.58. The lowest BCUT2D eigenvalue weighted by atomic mass is 9.98. The lowest BCUT2D eigenvalue weighted by Crippen LogP contribution is -2.43. The standard InChI is InChI=1S/C28H24F3N5O2/c29-28(30,31)22-9-4-8-21(17-22)24-25(20-10-12-32-13-11-20)33-27-35(14-5-15-36(27)26(24)37)18-23(34-38)16-19-6-2-1-3-7-19/h1-4,6-13,17,23H,5,14-16,18H2. The predicted molar refractivity (Wildman–Crippen MR) is 139 cm³/mol. The molecule has 38 heavy (non-hydrogen) atoms. The number of pyridine rings is 1. The molecule has 7 nitrogen and oxygen atoms in total. The van der Waals surface area contributed by atoms with Crippen LogP contribution in [-0.2, 0) is 19.1 Å². The van der Waals surface area contributed by atoms with Crippen molar-refractivity contribution in [2.75, 3.05) is 18.0 Å². The van der Waals surface area contributed by atoms with E-state index in [1.54, 1.807) is 12.1 Å². The Balaban J connectivity index is 1.61. The van der Waals surface area contributed by atoms with Crippen LogP contribution in [0.4, 0.5) is 19.1 Å². The lowest BCUT2D eigenvalue weighted by Gasteiger charge is -2.33.